The number of pyridine rings is 1. The van der Waals surface area contributed by atoms with Gasteiger partial charge < -0.3 is 15.1 Å². The van der Waals surface area contributed by atoms with E-state index in [2.05, 4.69) is 41.1 Å². The average Bonchev–Trinajstić information content (AvgIpc) is 2.35. The van der Waals surface area contributed by atoms with E-state index in [-0.39, 0.29) is 0 Å². The molecule has 1 N–H and O–H groups in total. The van der Waals surface area contributed by atoms with E-state index in [1.807, 2.05) is 19.3 Å². The first-order valence-electron chi connectivity index (χ1n) is 6.77. The second-order valence-electron chi connectivity index (χ2n) is 4.97. The Kier molecular flexibility index (Phi) is 7.13. The third-order valence-corrected chi connectivity index (χ3v) is 3.15. The molecule has 1 aromatic rings. The molecule has 0 radical (unpaired) electrons. The molecule has 0 amide bonds. The number of halogens is 1. The lowest BCUT2D eigenvalue weighted by Gasteiger charge is -2.26. The summed E-state index contributed by atoms with van der Waals surface area (Å²) >= 11 is 6.37. The van der Waals surface area contributed by atoms with Crippen molar-refractivity contribution in [2.45, 2.75) is 19.9 Å². The zero-order chi connectivity index (χ0) is 14.3. The zero-order valence-electron chi connectivity index (χ0n) is 12.4. The lowest BCUT2D eigenvalue weighted by molar-refractivity contribution is 0.412. The van der Waals surface area contributed by atoms with Crippen LogP contribution in [-0.4, -0.2) is 50.7 Å². The highest BCUT2D eigenvalue weighted by atomic mass is 35.5. The quantitative estimate of drug-likeness (QED) is 0.793. The van der Waals surface area contributed by atoms with E-state index in [0.29, 0.717) is 0 Å². The Labute approximate surface area is 121 Å². The Hall–Kier alpha value is -0.840. The van der Waals surface area contributed by atoms with E-state index in [9.17, 15) is 0 Å². The van der Waals surface area contributed by atoms with Gasteiger partial charge in [0.25, 0.3) is 0 Å². The Morgan fingerprint density at radius 1 is 1.26 bits per heavy atom. The summed E-state index contributed by atoms with van der Waals surface area (Å²) in [6.07, 6.45) is 2.99. The number of nitrogens with one attached hydrogen (secondary N) is 1. The molecule has 108 valence electrons. The van der Waals surface area contributed by atoms with E-state index in [1.165, 1.54) is 0 Å². The van der Waals surface area contributed by atoms with Gasteiger partial charge in [-0.1, -0.05) is 18.5 Å². The van der Waals surface area contributed by atoms with E-state index < -0.39 is 0 Å². The molecule has 0 aliphatic heterocycles. The number of hydrogen-bond donors (Lipinski definition) is 1. The maximum absolute atomic E-state index is 6.37. The first-order chi connectivity index (χ1) is 9.08. The predicted molar refractivity (Wildman–Crippen MR) is 83.1 cm³/mol. The van der Waals surface area contributed by atoms with Crippen molar-refractivity contribution in [1.82, 2.24) is 15.2 Å². The molecule has 1 heterocycles. The minimum atomic E-state index is 0.736. The maximum atomic E-state index is 6.37. The highest BCUT2D eigenvalue weighted by Gasteiger charge is 2.12. The fourth-order valence-corrected chi connectivity index (χ4v) is 2.23. The molecule has 0 aliphatic rings. The first kappa shape index (κ1) is 16.2. The SMILES string of the molecule is CCCN(CCN(C)C)c1ncc(CNC)cc1Cl. The Bertz CT molecular complexity index is 382. The van der Waals surface area contributed by atoms with E-state index >= 15 is 0 Å². The molecule has 0 fully saturated rings. The van der Waals surface area contributed by atoms with Crippen molar-refractivity contribution >= 4 is 17.4 Å². The molecule has 0 aliphatic carbocycles. The van der Waals surface area contributed by atoms with Gasteiger partial charge >= 0.3 is 0 Å². The first-order valence-corrected chi connectivity index (χ1v) is 7.15. The molecule has 0 saturated carbocycles. The average molecular weight is 285 g/mol. The van der Waals surface area contributed by atoms with Gasteiger partial charge in [-0.25, -0.2) is 4.98 Å². The van der Waals surface area contributed by atoms with Gasteiger partial charge in [0, 0.05) is 32.4 Å². The Balaban J connectivity index is 2.82. The summed E-state index contributed by atoms with van der Waals surface area (Å²) in [4.78, 5) is 8.96. The number of hydrogen-bond acceptors (Lipinski definition) is 4. The molecule has 0 aromatic carbocycles. The maximum Gasteiger partial charge on any atom is 0.147 e. The number of anilines is 1. The zero-order valence-corrected chi connectivity index (χ0v) is 13.2. The molecular weight excluding hydrogens is 260 g/mol. The van der Waals surface area contributed by atoms with E-state index in [1.54, 1.807) is 0 Å². The summed E-state index contributed by atoms with van der Waals surface area (Å²) in [5.74, 6) is 0.894. The molecule has 5 heteroatoms. The highest BCUT2D eigenvalue weighted by Crippen LogP contribution is 2.24. The molecule has 0 saturated heterocycles. The third kappa shape index (κ3) is 5.35. The van der Waals surface area contributed by atoms with Crippen LogP contribution in [0, 0.1) is 0 Å². The fraction of sp³-hybridized carbons (Fsp3) is 0.643. The van der Waals surface area contributed by atoms with Crippen molar-refractivity contribution in [3.05, 3.63) is 22.8 Å². The standard InChI is InChI=1S/C14H25ClN4/c1-5-6-19(8-7-18(3)4)14-13(15)9-12(10-16-2)11-17-14/h9,11,16H,5-8,10H2,1-4H3. The topological polar surface area (TPSA) is 31.4 Å². The Morgan fingerprint density at radius 3 is 2.53 bits per heavy atom. The summed E-state index contributed by atoms with van der Waals surface area (Å²) in [6.45, 7) is 5.88. The minimum Gasteiger partial charge on any atom is -0.354 e. The van der Waals surface area contributed by atoms with Crippen LogP contribution in [0.2, 0.25) is 5.02 Å². The van der Waals surface area contributed by atoms with Crippen molar-refractivity contribution in [2.75, 3.05) is 45.7 Å². The summed E-state index contributed by atoms with van der Waals surface area (Å²) in [5, 5.41) is 3.84. The van der Waals surface area contributed by atoms with Crippen LogP contribution in [0.5, 0.6) is 0 Å². The van der Waals surface area contributed by atoms with Crippen molar-refractivity contribution in [3.63, 3.8) is 0 Å². The molecule has 0 spiro atoms. The summed E-state index contributed by atoms with van der Waals surface area (Å²) < 4.78 is 0. The van der Waals surface area contributed by atoms with Crippen molar-refractivity contribution in [2.24, 2.45) is 0 Å². The van der Waals surface area contributed by atoms with E-state index in [4.69, 9.17) is 11.6 Å². The predicted octanol–water partition coefficient (Wildman–Crippen LogP) is 2.23. The summed E-state index contributed by atoms with van der Waals surface area (Å²) in [6, 6.07) is 2.00. The normalized spacial score (nSPS) is 11.1. The van der Waals surface area contributed by atoms with Crippen molar-refractivity contribution in [1.29, 1.82) is 0 Å². The number of aromatic nitrogens is 1. The van der Waals surface area contributed by atoms with Gasteiger partial charge in [-0.2, -0.15) is 0 Å². The molecule has 19 heavy (non-hydrogen) atoms. The molecular formula is C14H25ClN4. The van der Waals surface area contributed by atoms with Gasteiger partial charge in [0.2, 0.25) is 0 Å². The van der Waals surface area contributed by atoms with Gasteiger partial charge in [-0.15, -0.1) is 0 Å². The lowest BCUT2D eigenvalue weighted by atomic mass is 10.2. The second kappa shape index (κ2) is 8.35. The van der Waals surface area contributed by atoms with Crippen LogP contribution >= 0.6 is 11.6 Å². The number of nitrogens with zero attached hydrogens (tertiary/aromatic N) is 3. The van der Waals surface area contributed by atoms with Crippen molar-refractivity contribution < 1.29 is 0 Å². The van der Waals surface area contributed by atoms with Crippen LogP contribution in [0.3, 0.4) is 0 Å². The number of likely N-dealkylation sites (N-methyl/N-ethyl adjacent to an activating group) is 1. The van der Waals surface area contributed by atoms with Gasteiger partial charge in [-0.05, 0) is 39.2 Å². The summed E-state index contributed by atoms with van der Waals surface area (Å²) in [5.41, 5.74) is 1.11. The third-order valence-electron chi connectivity index (χ3n) is 2.87. The summed E-state index contributed by atoms with van der Waals surface area (Å²) in [7, 11) is 6.08. The minimum absolute atomic E-state index is 0.736. The van der Waals surface area contributed by atoms with Crippen LogP contribution in [0.25, 0.3) is 0 Å². The van der Waals surface area contributed by atoms with Crippen LogP contribution in [0.15, 0.2) is 12.3 Å². The lowest BCUT2D eigenvalue weighted by Crippen LogP contribution is -2.33. The largest absolute Gasteiger partial charge is 0.354 e. The fourth-order valence-electron chi connectivity index (χ4n) is 1.92. The van der Waals surface area contributed by atoms with Crippen molar-refractivity contribution in [3.8, 4) is 0 Å². The van der Waals surface area contributed by atoms with Gasteiger partial charge in [0.15, 0.2) is 0 Å². The molecule has 0 atom stereocenters. The molecule has 4 nitrogen and oxygen atoms in total. The molecule has 0 unspecified atom stereocenters. The molecule has 1 rings (SSSR count). The molecule has 1 aromatic heterocycles. The monoisotopic (exact) mass is 284 g/mol. The van der Waals surface area contributed by atoms with Crippen LogP contribution in [0.1, 0.15) is 18.9 Å². The second-order valence-corrected chi connectivity index (χ2v) is 5.38. The van der Waals surface area contributed by atoms with E-state index in [0.717, 1.165) is 49.0 Å². The number of rotatable bonds is 8. The van der Waals surface area contributed by atoms with Crippen LogP contribution < -0.4 is 10.2 Å². The highest BCUT2D eigenvalue weighted by molar-refractivity contribution is 6.33. The Morgan fingerprint density at radius 2 is 2.00 bits per heavy atom. The van der Waals surface area contributed by atoms with Crippen LogP contribution in [-0.2, 0) is 6.54 Å². The molecule has 0 bridgehead atoms. The van der Waals surface area contributed by atoms with Gasteiger partial charge in [0.05, 0.1) is 5.02 Å². The van der Waals surface area contributed by atoms with Gasteiger partial charge in [-0.3, -0.25) is 0 Å². The van der Waals surface area contributed by atoms with Crippen LogP contribution in [0.4, 0.5) is 5.82 Å². The smallest absolute Gasteiger partial charge is 0.147 e. The van der Waals surface area contributed by atoms with Gasteiger partial charge in [0.1, 0.15) is 5.82 Å².